The lowest BCUT2D eigenvalue weighted by Gasteiger charge is -2.42. The van der Waals surface area contributed by atoms with Crippen molar-refractivity contribution in [3.8, 4) is 11.9 Å². The van der Waals surface area contributed by atoms with E-state index in [1.54, 1.807) is 12.3 Å². The van der Waals surface area contributed by atoms with Crippen molar-refractivity contribution in [3.63, 3.8) is 0 Å². The van der Waals surface area contributed by atoms with Gasteiger partial charge >= 0.3 is 6.18 Å². The average molecular weight is 558 g/mol. The van der Waals surface area contributed by atoms with Gasteiger partial charge in [0.1, 0.15) is 0 Å². The summed E-state index contributed by atoms with van der Waals surface area (Å²) in [4.78, 5) is 23.6. The largest absolute Gasteiger partial charge is 0.417 e. The lowest BCUT2D eigenvalue weighted by atomic mass is 9.76. The van der Waals surface area contributed by atoms with E-state index < -0.39 is 29.3 Å². The zero-order chi connectivity index (χ0) is 28.4. The van der Waals surface area contributed by atoms with E-state index in [4.69, 9.17) is 4.74 Å². The molecule has 1 aliphatic carbocycles. The molecule has 1 N–H and O–H groups in total. The number of rotatable bonds is 5. The molecule has 1 amide bonds. The minimum Gasteiger partial charge on any atom is -0.379 e. The second kappa shape index (κ2) is 11.3. The Balaban J connectivity index is 1.31. The van der Waals surface area contributed by atoms with E-state index in [0.717, 1.165) is 36.3 Å². The van der Waals surface area contributed by atoms with Crippen LogP contribution in [-0.2, 0) is 10.9 Å². The molecular weight excluding hydrogens is 530 g/mol. The Morgan fingerprint density at radius 2 is 1.93 bits per heavy atom. The summed E-state index contributed by atoms with van der Waals surface area (Å²) in [6.07, 6.45) is 0.991. The van der Waals surface area contributed by atoms with Gasteiger partial charge in [0.25, 0.3) is 5.91 Å². The lowest BCUT2D eigenvalue weighted by molar-refractivity contribution is -0.138. The second-order valence-corrected chi connectivity index (χ2v) is 9.97. The highest BCUT2D eigenvalue weighted by molar-refractivity contribution is 6.04. The van der Waals surface area contributed by atoms with Gasteiger partial charge in [-0.1, -0.05) is 0 Å². The monoisotopic (exact) mass is 557 g/mol. The number of nitriles is 1. The molecule has 0 bridgehead atoms. The van der Waals surface area contributed by atoms with Crippen LogP contribution in [0.1, 0.15) is 52.5 Å². The predicted molar refractivity (Wildman–Crippen MR) is 135 cm³/mol. The Morgan fingerprint density at radius 3 is 2.58 bits per heavy atom. The SMILES string of the molecule is Cc1c(C(=O)Nc2ccc(C3CC(C#N)CCC3N3CCOCC3)nc2)cnn1-c1ncc(C(F)(F)F)cc1F. The van der Waals surface area contributed by atoms with Crippen molar-refractivity contribution in [2.24, 2.45) is 5.92 Å². The van der Waals surface area contributed by atoms with Gasteiger partial charge in [-0.05, 0) is 44.4 Å². The zero-order valence-electron chi connectivity index (χ0n) is 21.7. The molecule has 3 aromatic heterocycles. The number of ether oxygens (including phenoxy) is 1. The van der Waals surface area contributed by atoms with E-state index >= 15 is 0 Å². The van der Waals surface area contributed by atoms with Crippen LogP contribution >= 0.6 is 0 Å². The molecule has 1 aliphatic heterocycles. The molecule has 2 fully saturated rings. The molecule has 0 radical (unpaired) electrons. The number of anilines is 1. The summed E-state index contributed by atoms with van der Waals surface area (Å²) >= 11 is 0. The number of hydrogen-bond donors (Lipinski definition) is 1. The van der Waals surface area contributed by atoms with Crippen molar-refractivity contribution in [2.75, 3.05) is 31.6 Å². The minimum absolute atomic E-state index is 0.0352. The number of alkyl halides is 3. The number of carbonyl (C=O) groups excluding carboxylic acids is 1. The van der Waals surface area contributed by atoms with Gasteiger partial charge in [-0.3, -0.25) is 14.7 Å². The van der Waals surface area contributed by atoms with Crippen LogP contribution in [0.4, 0.5) is 23.2 Å². The summed E-state index contributed by atoms with van der Waals surface area (Å²) < 4.78 is 59.5. The number of hydrogen-bond acceptors (Lipinski definition) is 7. The molecule has 13 heteroatoms. The predicted octanol–water partition coefficient (Wildman–Crippen LogP) is 4.49. The Kier molecular flexibility index (Phi) is 7.82. The molecule has 3 atom stereocenters. The van der Waals surface area contributed by atoms with Crippen LogP contribution in [0, 0.1) is 30.0 Å². The van der Waals surface area contributed by atoms with E-state index in [1.807, 2.05) is 6.07 Å². The summed E-state index contributed by atoms with van der Waals surface area (Å²) in [5.74, 6) is -2.17. The van der Waals surface area contributed by atoms with Crippen LogP contribution in [0.25, 0.3) is 5.82 Å². The lowest BCUT2D eigenvalue weighted by Crippen LogP contribution is -2.48. The molecule has 0 aromatic carbocycles. The van der Waals surface area contributed by atoms with Gasteiger partial charge in [0.05, 0.1) is 54.2 Å². The summed E-state index contributed by atoms with van der Waals surface area (Å²) in [7, 11) is 0. The molecule has 1 saturated heterocycles. The Hall–Kier alpha value is -3.89. The normalized spacial score (nSPS) is 22.1. The molecule has 4 heterocycles. The maximum absolute atomic E-state index is 14.4. The van der Waals surface area contributed by atoms with Crippen LogP contribution < -0.4 is 5.32 Å². The maximum atomic E-state index is 14.4. The fourth-order valence-electron chi connectivity index (χ4n) is 5.42. The highest BCUT2D eigenvalue weighted by atomic mass is 19.4. The fraction of sp³-hybridized carbons (Fsp3) is 0.444. The quantitative estimate of drug-likeness (QED) is 0.461. The smallest absolute Gasteiger partial charge is 0.379 e. The number of halogens is 4. The van der Waals surface area contributed by atoms with Crippen molar-refractivity contribution >= 4 is 11.6 Å². The maximum Gasteiger partial charge on any atom is 0.417 e. The van der Waals surface area contributed by atoms with Crippen LogP contribution in [0.5, 0.6) is 0 Å². The number of carbonyl (C=O) groups is 1. The number of nitrogens with one attached hydrogen (secondary N) is 1. The molecule has 5 rings (SSSR count). The number of amides is 1. The second-order valence-electron chi connectivity index (χ2n) is 9.97. The third-order valence-corrected chi connectivity index (χ3v) is 7.54. The Bertz CT molecular complexity index is 1410. The topological polar surface area (TPSA) is 109 Å². The molecule has 9 nitrogen and oxygen atoms in total. The van der Waals surface area contributed by atoms with E-state index in [0.29, 0.717) is 37.6 Å². The Labute approximate surface area is 227 Å². The minimum atomic E-state index is -4.74. The highest BCUT2D eigenvalue weighted by Gasteiger charge is 2.37. The number of aromatic nitrogens is 4. The third kappa shape index (κ3) is 5.68. The van der Waals surface area contributed by atoms with E-state index in [9.17, 15) is 27.6 Å². The van der Waals surface area contributed by atoms with E-state index in [1.165, 1.54) is 13.1 Å². The van der Waals surface area contributed by atoms with Crippen LogP contribution in [0.3, 0.4) is 0 Å². The van der Waals surface area contributed by atoms with Gasteiger partial charge < -0.3 is 10.1 Å². The molecule has 3 aromatic rings. The van der Waals surface area contributed by atoms with Crippen molar-refractivity contribution < 1.29 is 27.1 Å². The molecule has 210 valence electrons. The highest BCUT2D eigenvalue weighted by Crippen LogP contribution is 2.39. The van der Waals surface area contributed by atoms with Gasteiger partial charge in [-0.2, -0.15) is 23.5 Å². The number of nitrogens with zero attached hydrogens (tertiary/aromatic N) is 6. The third-order valence-electron chi connectivity index (χ3n) is 7.54. The number of morpholine rings is 1. The molecule has 3 unspecified atom stereocenters. The molecule has 40 heavy (non-hydrogen) atoms. The van der Waals surface area contributed by atoms with Crippen LogP contribution in [0.15, 0.2) is 36.8 Å². The van der Waals surface area contributed by atoms with Gasteiger partial charge in [-0.25, -0.2) is 14.1 Å². The summed E-state index contributed by atoms with van der Waals surface area (Å²) in [6, 6.07) is 6.59. The van der Waals surface area contributed by atoms with Crippen molar-refractivity contribution in [3.05, 3.63) is 65.1 Å². The Morgan fingerprint density at radius 1 is 1.15 bits per heavy atom. The van der Waals surface area contributed by atoms with Gasteiger partial charge in [0.2, 0.25) is 0 Å². The van der Waals surface area contributed by atoms with Gasteiger partial charge in [-0.15, -0.1) is 0 Å². The zero-order valence-corrected chi connectivity index (χ0v) is 21.7. The average Bonchev–Trinajstić information content (AvgIpc) is 3.34. The first-order chi connectivity index (χ1) is 19.2. The molecule has 2 aliphatic rings. The molecule has 0 spiro atoms. The first-order valence-electron chi connectivity index (χ1n) is 12.9. The first-order valence-corrected chi connectivity index (χ1v) is 12.9. The molecular formula is C27H27F4N7O2. The van der Waals surface area contributed by atoms with Crippen LogP contribution in [-0.4, -0.2) is 62.9 Å². The fourth-order valence-corrected chi connectivity index (χ4v) is 5.42. The number of pyridine rings is 2. The summed E-state index contributed by atoms with van der Waals surface area (Å²) in [5, 5.41) is 16.2. The summed E-state index contributed by atoms with van der Waals surface area (Å²) in [5.41, 5.74) is 0.353. The van der Waals surface area contributed by atoms with Crippen LogP contribution in [0.2, 0.25) is 0 Å². The molecule has 1 saturated carbocycles. The van der Waals surface area contributed by atoms with Crippen molar-refractivity contribution in [1.29, 1.82) is 5.26 Å². The van der Waals surface area contributed by atoms with Crippen molar-refractivity contribution in [1.82, 2.24) is 24.6 Å². The van der Waals surface area contributed by atoms with Gasteiger partial charge in [0.15, 0.2) is 11.6 Å². The first kappa shape index (κ1) is 27.7. The summed E-state index contributed by atoms with van der Waals surface area (Å²) in [6.45, 7) is 4.53. The van der Waals surface area contributed by atoms with E-state index in [2.05, 4.69) is 31.4 Å². The van der Waals surface area contributed by atoms with E-state index in [-0.39, 0.29) is 29.1 Å². The standard InChI is InChI=1S/C27H27F4N7O2/c1-16-21(15-35-38(16)25-22(28)11-18(13-34-25)27(29,30)31)26(39)36-19-3-4-23(33-14-19)20-10-17(12-32)2-5-24(20)37-6-8-40-9-7-37/h3-4,11,13-15,17,20,24H,2,5-10H2,1H3,(H,36,39). The van der Waals surface area contributed by atoms with Gasteiger partial charge in [0, 0.05) is 42.9 Å². The van der Waals surface area contributed by atoms with Crippen molar-refractivity contribution in [2.45, 2.75) is 44.3 Å².